The van der Waals surface area contributed by atoms with Gasteiger partial charge in [-0.25, -0.2) is 0 Å². The van der Waals surface area contributed by atoms with E-state index in [9.17, 15) is 0 Å². The van der Waals surface area contributed by atoms with E-state index in [0.717, 1.165) is 30.5 Å². The molecule has 0 aromatic rings. The monoisotopic (exact) mass is 250 g/mol. The lowest BCUT2D eigenvalue weighted by Gasteiger charge is -2.44. The molecular formula is C15H26N2O. The molecule has 0 aromatic carbocycles. The number of nitrogens with one attached hydrogen (secondary N) is 1. The first kappa shape index (κ1) is 11.7. The lowest BCUT2D eigenvalue weighted by molar-refractivity contribution is 0.0142. The zero-order chi connectivity index (χ0) is 12.1. The Morgan fingerprint density at radius 2 is 1.83 bits per heavy atom. The van der Waals surface area contributed by atoms with Gasteiger partial charge in [-0.3, -0.25) is 4.90 Å². The number of rotatable bonds is 3. The Hall–Kier alpha value is -0.120. The van der Waals surface area contributed by atoms with E-state index < -0.39 is 0 Å². The van der Waals surface area contributed by atoms with Crippen LogP contribution < -0.4 is 5.32 Å². The van der Waals surface area contributed by atoms with Gasteiger partial charge in [0.15, 0.2) is 0 Å². The minimum absolute atomic E-state index is 0.561. The molecule has 0 amide bonds. The van der Waals surface area contributed by atoms with Crippen molar-refractivity contribution in [2.75, 3.05) is 19.7 Å². The minimum atomic E-state index is 0.561. The van der Waals surface area contributed by atoms with Crippen molar-refractivity contribution in [3.8, 4) is 0 Å². The Kier molecular flexibility index (Phi) is 2.90. The molecule has 2 heterocycles. The van der Waals surface area contributed by atoms with Crippen molar-refractivity contribution in [1.82, 2.24) is 10.2 Å². The molecule has 4 atom stereocenters. The summed E-state index contributed by atoms with van der Waals surface area (Å²) in [6.45, 7) is 5.83. The molecule has 0 aromatic heterocycles. The van der Waals surface area contributed by atoms with E-state index in [0.29, 0.717) is 12.1 Å². The van der Waals surface area contributed by atoms with Crippen LogP contribution in [0, 0.1) is 11.8 Å². The second kappa shape index (κ2) is 4.46. The third-order valence-electron chi connectivity index (χ3n) is 5.46. The summed E-state index contributed by atoms with van der Waals surface area (Å²) in [5.41, 5.74) is 0. The lowest BCUT2D eigenvalue weighted by atomic mass is 9.98. The first-order valence-corrected chi connectivity index (χ1v) is 7.93. The summed E-state index contributed by atoms with van der Waals surface area (Å²) < 4.78 is 6.04. The molecule has 4 unspecified atom stereocenters. The van der Waals surface area contributed by atoms with Crippen LogP contribution in [-0.4, -0.2) is 48.8 Å². The zero-order valence-electron chi connectivity index (χ0n) is 11.5. The molecule has 4 aliphatic rings. The second-order valence-corrected chi connectivity index (χ2v) is 6.93. The summed E-state index contributed by atoms with van der Waals surface area (Å²) in [4.78, 5) is 2.79. The highest BCUT2D eigenvalue weighted by atomic mass is 16.5. The van der Waals surface area contributed by atoms with Gasteiger partial charge in [0.05, 0.1) is 6.10 Å². The molecule has 18 heavy (non-hydrogen) atoms. The Morgan fingerprint density at radius 3 is 2.56 bits per heavy atom. The second-order valence-electron chi connectivity index (χ2n) is 6.93. The first-order chi connectivity index (χ1) is 8.83. The molecule has 0 spiro atoms. The van der Waals surface area contributed by atoms with E-state index in [4.69, 9.17) is 4.74 Å². The van der Waals surface area contributed by atoms with E-state index in [1.54, 1.807) is 0 Å². The van der Waals surface area contributed by atoms with Crippen LogP contribution in [0.5, 0.6) is 0 Å². The van der Waals surface area contributed by atoms with E-state index in [1.807, 2.05) is 0 Å². The fourth-order valence-corrected chi connectivity index (χ4v) is 4.02. The van der Waals surface area contributed by atoms with Crippen LogP contribution in [0.15, 0.2) is 0 Å². The highest BCUT2D eigenvalue weighted by molar-refractivity contribution is 5.00. The van der Waals surface area contributed by atoms with Gasteiger partial charge in [0.2, 0.25) is 0 Å². The number of hydrogen-bond donors (Lipinski definition) is 1. The quantitative estimate of drug-likeness (QED) is 0.824. The Labute approximate surface area is 110 Å². The topological polar surface area (TPSA) is 24.5 Å². The summed E-state index contributed by atoms with van der Waals surface area (Å²) in [5.74, 6) is 1.86. The van der Waals surface area contributed by atoms with Gasteiger partial charge in [-0.2, -0.15) is 0 Å². The Bertz CT molecular complexity index is 314. The van der Waals surface area contributed by atoms with Crippen LogP contribution in [0.1, 0.15) is 39.0 Å². The van der Waals surface area contributed by atoms with Crippen LogP contribution in [0.25, 0.3) is 0 Å². The molecule has 2 aliphatic heterocycles. The highest BCUT2D eigenvalue weighted by Crippen LogP contribution is 2.42. The van der Waals surface area contributed by atoms with Crippen molar-refractivity contribution in [2.24, 2.45) is 11.8 Å². The highest BCUT2D eigenvalue weighted by Gasteiger charge is 2.46. The predicted molar refractivity (Wildman–Crippen MR) is 71.6 cm³/mol. The molecule has 102 valence electrons. The molecule has 1 N–H and O–H groups in total. The van der Waals surface area contributed by atoms with Crippen molar-refractivity contribution < 1.29 is 4.74 Å². The van der Waals surface area contributed by atoms with Crippen molar-refractivity contribution in [2.45, 2.75) is 63.3 Å². The van der Waals surface area contributed by atoms with Crippen LogP contribution in [-0.2, 0) is 4.74 Å². The maximum absolute atomic E-state index is 6.04. The fourth-order valence-electron chi connectivity index (χ4n) is 4.02. The largest absolute Gasteiger partial charge is 0.376 e. The van der Waals surface area contributed by atoms with Crippen molar-refractivity contribution in [1.29, 1.82) is 0 Å². The summed E-state index contributed by atoms with van der Waals surface area (Å²) in [6.07, 6.45) is 7.55. The normalized spacial score (nSPS) is 46.5. The van der Waals surface area contributed by atoms with Gasteiger partial charge in [-0.1, -0.05) is 0 Å². The molecule has 2 saturated heterocycles. The van der Waals surface area contributed by atoms with Crippen molar-refractivity contribution in [3.63, 3.8) is 0 Å². The average Bonchev–Trinajstić information content (AvgIpc) is 3.29. The first-order valence-electron chi connectivity index (χ1n) is 7.93. The standard InChI is InChI=1S/C15H26N2O/c1-10-8-16-13(11-2-3-11)9-17(10)14-6-7-18-15(14)12-4-5-12/h10-16H,2-9H2,1H3. The molecular weight excluding hydrogens is 224 g/mol. The van der Waals surface area contributed by atoms with Crippen LogP contribution in [0.4, 0.5) is 0 Å². The summed E-state index contributed by atoms with van der Waals surface area (Å²) in [7, 11) is 0. The van der Waals surface area contributed by atoms with E-state index >= 15 is 0 Å². The summed E-state index contributed by atoms with van der Waals surface area (Å²) >= 11 is 0. The van der Waals surface area contributed by atoms with E-state index in [2.05, 4.69) is 17.1 Å². The predicted octanol–water partition coefficient (Wildman–Crippen LogP) is 1.63. The maximum Gasteiger partial charge on any atom is 0.0759 e. The van der Waals surface area contributed by atoms with Gasteiger partial charge < -0.3 is 10.1 Å². The third kappa shape index (κ3) is 2.10. The van der Waals surface area contributed by atoms with Gasteiger partial charge >= 0.3 is 0 Å². The summed E-state index contributed by atoms with van der Waals surface area (Å²) in [5, 5.41) is 3.76. The molecule has 4 fully saturated rings. The zero-order valence-corrected chi connectivity index (χ0v) is 11.5. The smallest absolute Gasteiger partial charge is 0.0759 e. The van der Waals surface area contributed by atoms with Gasteiger partial charge in [0.25, 0.3) is 0 Å². The van der Waals surface area contributed by atoms with Gasteiger partial charge in [-0.05, 0) is 50.9 Å². The Morgan fingerprint density at radius 1 is 1.06 bits per heavy atom. The molecule has 4 rings (SSSR count). The molecule has 2 saturated carbocycles. The van der Waals surface area contributed by atoms with Crippen LogP contribution in [0.3, 0.4) is 0 Å². The van der Waals surface area contributed by atoms with Crippen molar-refractivity contribution in [3.05, 3.63) is 0 Å². The molecule has 3 heteroatoms. The fraction of sp³-hybridized carbons (Fsp3) is 1.00. The molecule has 0 radical (unpaired) electrons. The number of nitrogens with zero attached hydrogens (tertiary/aromatic N) is 1. The molecule has 3 nitrogen and oxygen atoms in total. The van der Waals surface area contributed by atoms with Crippen molar-refractivity contribution >= 4 is 0 Å². The average molecular weight is 250 g/mol. The minimum Gasteiger partial charge on any atom is -0.376 e. The van der Waals surface area contributed by atoms with E-state index in [1.165, 1.54) is 45.2 Å². The number of ether oxygens (including phenoxy) is 1. The van der Waals surface area contributed by atoms with Crippen LogP contribution in [0.2, 0.25) is 0 Å². The van der Waals surface area contributed by atoms with E-state index in [-0.39, 0.29) is 0 Å². The van der Waals surface area contributed by atoms with Gasteiger partial charge in [-0.15, -0.1) is 0 Å². The molecule has 0 bridgehead atoms. The number of piperazine rings is 1. The van der Waals surface area contributed by atoms with Gasteiger partial charge in [0, 0.05) is 37.8 Å². The van der Waals surface area contributed by atoms with Gasteiger partial charge in [0.1, 0.15) is 0 Å². The molecule has 2 aliphatic carbocycles. The maximum atomic E-state index is 6.04. The summed E-state index contributed by atoms with van der Waals surface area (Å²) in [6, 6.07) is 2.17. The number of hydrogen-bond acceptors (Lipinski definition) is 3. The Balaban J connectivity index is 1.46. The SMILES string of the molecule is CC1CNC(C2CC2)CN1C1CCOC1C1CC1. The third-order valence-corrected chi connectivity index (χ3v) is 5.46. The van der Waals surface area contributed by atoms with Crippen LogP contribution >= 0.6 is 0 Å². The lowest BCUT2D eigenvalue weighted by Crippen LogP contribution is -2.60.